The van der Waals surface area contributed by atoms with Crippen molar-refractivity contribution in [3.05, 3.63) is 44.4 Å². The number of nitrogens with zero attached hydrogens (tertiary/aromatic N) is 5. The number of carbonyl (C=O) groups excluding carboxylic acids is 2. The molecule has 1 aromatic carbocycles. The maximum atomic E-state index is 12.4. The van der Waals surface area contributed by atoms with Crippen LogP contribution in [0, 0.1) is 24.0 Å². The van der Waals surface area contributed by atoms with Gasteiger partial charge in [0.2, 0.25) is 16.2 Å². The fourth-order valence-corrected chi connectivity index (χ4v) is 4.34. The van der Waals surface area contributed by atoms with Gasteiger partial charge in [-0.05, 0) is 19.9 Å². The van der Waals surface area contributed by atoms with Crippen molar-refractivity contribution in [3.8, 4) is 0 Å². The first-order chi connectivity index (χ1) is 13.8. The Morgan fingerprint density at radius 1 is 1.10 bits per heavy atom. The molecule has 0 atom stereocenters. The van der Waals surface area contributed by atoms with Crippen molar-refractivity contribution in [1.82, 2.24) is 20.4 Å². The predicted octanol–water partition coefficient (Wildman–Crippen LogP) is 2.90. The lowest BCUT2D eigenvalue weighted by Crippen LogP contribution is -2.14. The Labute approximate surface area is 176 Å². The Morgan fingerprint density at radius 3 is 2.52 bits per heavy atom. The third kappa shape index (κ3) is 5.30. The molecule has 0 aliphatic heterocycles. The minimum absolute atomic E-state index is 0.0885. The topological polar surface area (TPSA) is 153 Å². The van der Waals surface area contributed by atoms with E-state index in [4.69, 9.17) is 0 Å². The summed E-state index contributed by atoms with van der Waals surface area (Å²) in [6, 6.07) is 4.27. The van der Waals surface area contributed by atoms with E-state index in [1.807, 2.05) is 0 Å². The summed E-state index contributed by atoms with van der Waals surface area (Å²) in [6.45, 7) is 3.29. The highest BCUT2D eigenvalue weighted by Gasteiger charge is 2.19. The molecular weight excluding hydrogens is 438 g/mol. The van der Waals surface area contributed by atoms with Crippen molar-refractivity contribution in [2.24, 2.45) is 0 Å². The van der Waals surface area contributed by atoms with Gasteiger partial charge in [-0.1, -0.05) is 40.5 Å². The molecule has 0 saturated carbocycles. The summed E-state index contributed by atoms with van der Waals surface area (Å²) in [4.78, 5) is 34.8. The summed E-state index contributed by atoms with van der Waals surface area (Å²) in [7, 11) is 0. The molecule has 0 aliphatic rings. The van der Waals surface area contributed by atoms with Crippen LogP contribution in [0.15, 0.2) is 22.5 Å². The summed E-state index contributed by atoms with van der Waals surface area (Å²) in [6.07, 6.45) is 0. The molecule has 29 heavy (non-hydrogen) atoms. The number of carbonyl (C=O) groups is 2. The smallest absolute Gasteiger partial charge is 0.273 e. The predicted molar refractivity (Wildman–Crippen MR) is 110 cm³/mol. The second kappa shape index (κ2) is 9.02. The van der Waals surface area contributed by atoms with Gasteiger partial charge in [0.25, 0.3) is 11.6 Å². The van der Waals surface area contributed by atoms with Crippen LogP contribution in [0.3, 0.4) is 0 Å². The van der Waals surface area contributed by atoms with E-state index in [1.54, 1.807) is 6.92 Å². The molecule has 14 heteroatoms. The number of benzene rings is 1. The lowest BCUT2D eigenvalue weighted by molar-refractivity contribution is -0.385. The Balaban J connectivity index is 1.57. The monoisotopic (exact) mass is 451 g/mol. The van der Waals surface area contributed by atoms with Crippen molar-refractivity contribution in [1.29, 1.82) is 0 Å². The minimum Gasteiger partial charge on any atom is -0.300 e. The maximum Gasteiger partial charge on any atom is 0.273 e. The van der Waals surface area contributed by atoms with E-state index in [0.29, 0.717) is 9.47 Å². The zero-order chi connectivity index (χ0) is 21.0. The number of nitro groups is 1. The number of hydrogen-bond donors (Lipinski definition) is 2. The van der Waals surface area contributed by atoms with E-state index in [0.717, 1.165) is 28.1 Å². The van der Waals surface area contributed by atoms with E-state index in [1.165, 1.54) is 36.5 Å². The van der Waals surface area contributed by atoms with Crippen molar-refractivity contribution >= 4 is 62.2 Å². The van der Waals surface area contributed by atoms with Crippen LogP contribution in [0.25, 0.3) is 0 Å². The molecule has 150 valence electrons. The standard InChI is InChI=1S/C15H13N7O4S3/c1-7-9(4-3-5-10(7)22(25)26)12(24)17-14-20-21-15(29-14)27-6-11(23)16-13-19-18-8(2)28-13/h3-5H,6H2,1-2H3,(H,16,19,23)(H,17,20,24). The van der Waals surface area contributed by atoms with Crippen LogP contribution in [-0.4, -0.2) is 42.9 Å². The van der Waals surface area contributed by atoms with Gasteiger partial charge in [-0.3, -0.25) is 30.3 Å². The Bertz CT molecular complexity index is 1080. The molecule has 3 aromatic rings. The van der Waals surface area contributed by atoms with Gasteiger partial charge in [0, 0.05) is 17.2 Å². The Kier molecular flexibility index (Phi) is 6.46. The van der Waals surface area contributed by atoms with Crippen LogP contribution in [0.1, 0.15) is 20.9 Å². The summed E-state index contributed by atoms with van der Waals surface area (Å²) in [5, 5.41) is 33.0. The molecule has 2 heterocycles. The summed E-state index contributed by atoms with van der Waals surface area (Å²) < 4.78 is 0.486. The van der Waals surface area contributed by atoms with E-state index in [-0.39, 0.29) is 33.6 Å². The van der Waals surface area contributed by atoms with Crippen molar-refractivity contribution in [2.75, 3.05) is 16.4 Å². The number of nitro benzene ring substituents is 1. The summed E-state index contributed by atoms with van der Waals surface area (Å²) in [5.74, 6) is -0.701. The first-order valence-corrected chi connectivity index (χ1v) is 10.6. The normalized spacial score (nSPS) is 10.6. The SMILES string of the molecule is Cc1nnc(NC(=O)CSc2nnc(NC(=O)c3cccc([N+](=O)[O-])c3C)s2)s1. The first kappa shape index (κ1) is 20.8. The molecule has 0 bridgehead atoms. The highest BCUT2D eigenvalue weighted by Crippen LogP contribution is 2.27. The van der Waals surface area contributed by atoms with E-state index < -0.39 is 10.8 Å². The third-order valence-electron chi connectivity index (χ3n) is 3.47. The average molecular weight is 452 g/mol. The second-order valence-electron chi connectivity index (χ2n) is 5.50. The number of aromatic nitrogens is 4. The lowest BCUT2D eigenvalue weighted by Gasteiger charge is -2.05. The zero-order valence-corrected chi connectivity index (χ0v) is 17.5. The van der Waals surface area contributed by atoms with Gasteiger partial charge in [0.05, 0.1) is 10.7 Å². The first-order valence-electron chi connectivity index (χ1n) is 7.95. The third-order valence-corrected chi connectivity index (χ3v) is 6.20. The van der Waals surface area contributed by atoms with Gasteiger partial charge in [0.1, 0.15) is 5.01 Å². The zero-order valence-electron chi connectivity index (χ0n) is 15.0. The van der Waals surface area contributed by atoms with Crippen molar-refractivity contribution < 1.29 is 14.5 Å². The van der Waals surface area contributed by atoms with Crippen LogP contribution in [0.4, 0.5) is 16.0 Å². The highest BCUT2D eigenvalue weighted by atomic mass is 32.2. The molecule has 0 radical (unpaired) electrons. The highest BCUT2D eigenvalue weighted by molar-refractivity contribution is 8.01. The molecule has 0 saturated heterocycles. The molecule has 0 aliphatic carbocycles. The molecule has 0 spiro atoms. The van der Waals surface area contributed by atoms with Crippen LogP contribution >= 0.6 is 34.4 Å². The molecule has 11 nitrogen and oxygen atoms in total. The van der Waals surface area contributed by atoms with E-state index >= 15 is 0 Å². The summed E-state index contributed by atoms with van der Waals surface area (Å²) in [5.41, 5.74) is 0.302. The summed E-state index contributed by atoms with van der Waals surface area (Å²) >= 11 is 3.52. The molecule has 2 amide bonds. The van der Waals surface area contributed by atoms with Gasteiger partial charge >= 0.3 is 0 Å². The number of amides is 2. The molecule has 3 rings (SSSR count). The van der Waals surface area contributed by atoms with Crippen molar-refractivity contribution in [2.45, 2.75) is 18.2 Å². The van der Waals surface area contributed by atoms with Gasteiger partial charge in [0.15, 0.2) is 4.34 Å². The molecule has 0 fully saturated rings. The average Bonchev–Trinajstić information content (AvgIpc) is 3.28. The van der Waals surface area contributed by atoms with Gasteiger partial charge in [-0.15, -0.1) is 20.4 Å². The van der Waals surface area contributed by atoms with Crippen molar-refractivity contribution in [3.63, 3.8) is 0 Å². The number of thioether (sulfide) groups is 1. The van der Waals surface area contributed by atoms with Crippen LogP contribution in [-0.2, 0) is 4.79 Å². The number of hydrogen-bond acceptors (Lipinski definition) is 11. The maximum absolute atomic E-state index is 12.4. The minimum atomic E-state index is -0.542. The number of aryl methyl sites for hydroxylation is 1. The van der Waals surface area contributed by atoms with Gasteiger partial charge < -0.3 is 0 Å². The number of rotatable bonds is 7. The Morgan fingerprint density at radius 2 is 1.83 bits per heavy atom. The largest absolute Gasteiger partial charge is 0.300 e. The van der Waals surface area contributed by atoms with Crippen LogP contribution in [0.5, 0.6) is 0 Å². The molecule has 2 N–H and O–H groups in total. The van der Waals surface area contributed by atoms with E-state index in [2.05, 4.69) is 31.0 Å². The second-order valence-corrected chi connectivity index (χ2v) is 8.88. The quantitative estimate of drug-likeness (QED) is 0.239. The fourth-order valence-electron chi connectivity index (χ4n) is 2.18. The fraction of sp³-hybridized carbons (Fsp3) is 0.200. The van der Waals surface area contributed by atoms with Gasteiger partial charge in [-0.25, -0.2) is 0 Å². The Hall–Kier alpha value is -2.97. The molecule has 2 aromatic heterocycles. The lowest BCUT2D eigenvalue weighted by atomic mass is 10.1. The molecule has 0 unspecified atom stereocenters. The number of anilines is 2. The van der Waals surface area contributed by atoms with Crippen LogP contribution < -0.4 is 10.6 Å². The van der Waals surface area contributed by atoms with Crippen LogP contribution in [0.2, 0.25) is 0 Å². The number of nitrogens with one attached hydrogen (secondary N) is 2. The van der Waals surface area contributed by atoms with Gasteiger partial charge in [-0.2, -0.15) is 0 Å². The van der Waals surface area contributed by atoms with E-state index in [9.17, 15) is 19.7 Å². The molecular formula is C15H13N7O4S3.